The Kier molecular flexibility index (Phi) is 4.93. The van der Waals surface area contributed by atoms with Gasteiger partial charge in [-0.2, -0.15) is 5.10 Å². The molecule has 0 aromatic carbocycles. The molecule has 104 valence electrons. The number of nitrogens with one attached hydrogen (secondary N) is 1. The maximum atomic E-state index is 12.2. The van der Waals surface area contributed by atoms with E-state index in [1.807, 2.05) is 0 Å². The Labute approximate surface area is 126 Å². The van der Waals surface area contributed by atoms with Crippen LogP contribution in [0.25, 0.3) is 0 Å². The third-order valence-corrected chi connectivity index (χ3v) is 4.16. The summed E-state index contributed by atoms with van der Waals surface area (Å²) in [6.07, 6.45) is 6.33. The van der Waals surface area contributed by atoms with Gasteiger partial charge in [-0.15, -0.1) is 0 Å². The quantitative estimate of drug-likeness (QED) is 0.792. The van der Waals surface area contributed by atoms with Crippen molar-refractivity contribution < 1.29 is 4.79 Å². The number of aryl methyl sites for hydroxylation is 1. The number of rotatable bonds is 1. The highest BCUT2D eigenvalue weighted by atomic mass is 79.9. The number of nitrogens with zero attached hydrogens (tertiary/aromatic N) is 3. The SMILES string of the molecule is Cn1ncc(Br)c1C(=O)NC(=S)N1CCCCCC1. The molecular weight excluding hydrogens is 328 g/mol. The number of carbonyl (C=O) groups excluding carboxylic acids is 1. The molecule has 1 aliphatic rings. The smallest absolute Gasteiger partial charge is 0.276 e. The summed E-state index contributed by atoms with van der Waals surface area (Å²) in [4.78, 5) is 14.2. The summed E-state index contributed by atoms with van der Waals surface area (Å²) in [5, 5.41) is 7.33. The fraction of sp³-hybridized carbons (Fsp3) is 0.583. The molecule has 2 rings (SSSR count). The number of halogens is 1. The molecule has 7 heteroatoms. The van der Waals surface area contributed by atoms with Gasteiger partial charge in [0.2, 0.25) is 0 Å². The van der Waals surface area contributed by atoms with Gasteiger partial charge in [0.05, 0.1) is 10.7 Å². The number of carbonyl (C=O) groups is 1. The molecule has 0 unspecified atom stereocenters. The third kappa shape index (κ3) is 3.54. The van der Waals surface area contributed by atoms with Crippen LogP contribution in [0.1, 0.15) is 36.2 Å². The van der Waals surface area contributed by atoms with Crippen LogP contribution in [0.15, 0.2) is 10.7 Å². The van der Waals surface area contributed by atoms with Crippen molar-refractivity contribution in [1.82, 2.24) is 20.0 Å². The van der Waals surface area contributed by atoms with Gasteiger partial charge in [-0.05, 0) is 41.0 Å². The van der Waals surface area contributed by atoms with Crippen molar-refractivity contribution >= 4 is 39.2 Å². The normalized spacial score (nSPS) is 16.0. The molecule has 1 N–H and O–H groups in total. The standard InChI is InChI=1S/C12H17BrN4OS/c1-16-10(9(13)8-14-16)11(18)15-12(19)17-6-4-2-3-5-7-17/h8H,2-7H2,1H3,(H,15,18,19). The van der Waals surface area contributed by atoms with E-state index in [2.05, 4.69) is 31.2 Å². The number of amides is 1. The van der Waals surface area contributed by atoms with Gasteiger partial charge < -0.3 is 4.90 Å². The zero-order chi connectivity index (χ0) is 13.8. The van der Waals surface area contributed by atoms with E-state index in [4.69, 9.17) is 12.2 Å². The van der Waals surface area contributed by atoms with Gasteiger partial charge in [0.1, 0.15) is 5.69 Å². The second-order valence-electron chi connectivity index (χ2n) is 4.63. The fourth-order valence-electron chi connectivity index (χ4n) is 2.18. The lowest BCUT2D eigenvalue weighted by Gasteiger charge is -2.23. The Bertz CT molecular complexity index is 461. The molecule has 0 bridgehead atoms. The minimum atomic E-state index is -0.221. The Balaban J connectivity index is 2.00. The van der Waals surface area contributed by atoms with Crippen LogP contribution < -0.4 is 5.32 Å². The first-order valence-electron chi connectivity index (χ1n) is 6.37. The minimum Gasteiger partial charge on any atom is -0.349 e. The van der Waals surface area contributed by atoms with E-state index in [9.17, 15) is 4.79 Å². The molecule has 0 spiro atoms. The Morgan fingerprint density at radius 1 is 1.37 bits per heavy atom. The largest absolute Gasteiger partial charge is 0.349 e. The lowest BCUT2D eigenvalue weighted by Crippen LogP contribution is -2.43. The van der Waals surface area contributed by atoms with Crippen LogP contribution in [-0.4, -0.2) is 38.8 Å². The molecule has 2 heterocycles. The predicted octanol–water partition coefficient (Wildman–Crippen LogP) is 2.07. The van der Waals surface area contributed by atoms with Crippen molar-refractivity contribution in [3.8, 4) is 0 Å². The van der Waals surface area contributed by atoms with E-state index in [1.165, 1.54) is 17.5 Å². The highest BCUT2D eigenvalue weighted by Gasteiger charge is 2.19. The van der Waals surface area contributed by atoms with Crippen molar-refractivity contribution in [1.29, 1.82) is 0 Å². The molecule has 0 saturated carbocycles. The van der Waals surface area contributed by atoms with Crippen molar-refractivity contribution in [2.45, 2.75) is 25.7 Å². The summed E-state index contributed by atoms with van der Waals surface area (Å²) < 4.78 is 2.20. The molecule has 0 aliphatic carbocycles. The average Bonchev–Trinajstić information content (AvgIpc) is 2.59. The topological polar surface area (TPSA) is 50.2 Å². The van der Waals surface area contributed by atoms with Crippen LogP contribution >= 0.6 is 28.1 Å². The molecule has 1 fully saturated rings. The second-order valence-corrected chi connectivity index (χ2v) is 5.87. The van der Waals surface area contributed by atoms with Gasteiger partial charge in [-0.25, -0.2) is 0 Å². The lowest BCUT2D eigenvalue weighted by molar-refractivity contribution is 0.0963. The summed E-state index contributed by atoms with van der Waals surface area (Å²) >= 11 is 8.63. The summed E-state index contributed by atoms with van der Waals surface area (Å²) in [6.45, 7) is 1.84. The van der Waals surface area contributed by atoms with Crippen molar-refractivity contribution in [2.75, 3.05) is 13.1 Å². The third-order valence-electron chi connectivity index (χ3n) is 3.22. The highest BCUT2D eigenvalue weighted by Crippen LogP contribution is 2.15. The molecule has 1 aromatic heterocycles. The van der Waals surface area contributed by atoms with Gasteiger partial charge in [-0.1, -0.05) is 12.8 Å². The molecule has 1 aliphatic heterocycles. The van der Waals surface area contributed by atoms with Crippen molar-refractivity contribution in [3.05, 3.63) is 16.4 Å². The zero-order valence-corrected chi connectivity index (χ0v) is 13.3. The number of aromatic nitrogens is 2. The van der Waals surface area contributed by atoms with Crippen LogP contribution in [0.3, 0.4) is 0 Å². The van der Waals surface area contributed by atoms with E-state index in [-0.39, 0.29) is 5.91 Å². The summed E-state index contributed by atoms with van der Waals surface area (Å²) in [7, 11) is 1.73. The van der Waals surface area contributed by atoms with Crippen LogP contribution in [0.4, 0.5) is 0 Å². The van der Waals surface area contributed by atoms with Crippen LogP contribution in [0.5, 0.6) is 0 Å². The molecule has 19 heavy (non-hydrogen) atoms. The number of hydrogen-bond donors (Lipinski definition) is 1. The Morgan fingerprint density at radius 3 is 2.53 bits per heavy atom. The molecule has 0 radical (unpaired) electrons. The molecule has 1 amide bonds. The van der Waals surface area contributed by atoms with Gasteiger partial charge in [-0.3, -0.25) is 14.8 Å². The molecular formula is C12H17BrN4OS. The summed E-state index contributed by atoms with van der Waals surface area (Å²) in [5.74, 6) is -0.221. The minimum absolute atomic E-state index is 0.221. The van der Waals surface area contributed by atoms with E-state index in [0.29, 0.717) is 15.3 Å². The highest BCUT2D eigenvalue weighted by molar-refractivity contribution is 9.10. The first kappa shape index (κ1) is 14.5. The monoisotopic (exact) mass is 344 g/mol. The van der Waals surface area contributed by atoms with Gasteiger partial charge in [0, 0.05) is 20.1 Å². The molecule has 1 aromatic rings. The maximum Gasteiger partial charge on any atom is 0.276 e. The predicted molar refractivity (Wildman–Crippen MR) is 81.0 cm³/mol. The van der Waals surface area contributed by atoms with E-state index < -0.39 is 0 Å². The van der Waals surface area contributed by atoms with E-state index >= 15 is 0 Å². The number of thiocarbonyl (C=S) groups is 1. The maximum absolute atomic E-state index is 12.2. The molecule has 5 nitrogen and oxygen atoms in total. The Hall–Kier alpha value is -0.950. The molecule has 1 saturated heterocycles. The number of likely N-dealkylation sites (tertiary alicyclic amines) is 1. The summed E-state index contributed by atoms with van der Waals surface area (Å²) in [6, 6.07) is 0. The summed E-state index contributed by atoms with van der Waals surface area (Å²) in [5.41, 5.74) is 0.483. The first-order chi connectivity index (χ1) is 9.09. The lowest BCUT2D eigenvalue weighted by atomic mass is 10.2. The average molecular weight is 345 g/mol. The van der Waals surface area contributed by atoms with Crippen molar-refractivity contribution in [3.63, 3.8) is 0 Å². The van der Waals surface area contributed by atoms with E-state index in [1.54, 1.807) is 13.2 Å². The van der Waals surface area contributed by atoms with Gasteiger partial charge in [0.15, 0.2) is 5.11 Å². The van der Waals surface area contributed by atoms with Gasteiger partial charge in [0.25, 0.3) is 5.91 Å². The van der Waals surface area contributed by atoms with Crippen LogP contribution in [-0.2, 0) is 7.05 Å². The molecule has 0 atom stereocenters. The van der Waals surface area contributed by atoms with Crippen LogP contribution in [0.2, 0.25) is 0 Å². The first-order valence-corrected chi connectivity index (χ1v) is 7.57. The van der Waals surface area contributed by atoms with Crippen molar-refractivity contribution in [2.24, 2.45) is 7.05 Å². The van der Waals surface area contributed by atoms with Crippen LogP contribution in [0, 0.1) is 0 Å². The zero-order valence-electron chi connectivity index (χ0n) is 10.9. The van der Waals surface area contributed by atoms with E-state index in [0.717, 1.165) is 25.9 Å². The van der Waals surface area contributed by atoms with Gasteiger partial charge >= 0.3 is 0 Å². The second kappa shape index (κ2) is 6.47. The fourth-order valence-corrected chi connectivity index (χ4v) is 2.98. The Morgan fingerprint density at radius 2 is 2.00 bits per heavy atom. The number of hydrogen-bond acceptors (Lipinski definition) is 3.